The molecule has 4 aliphatic heterocycles. The molecule has 552 valence electrons. The van der Waals surface area contributed by atoms with Crippen LogP contribution < -0.4 is 0 Å². The quantitative estimate of drug-likeness (QED) is 0.0118. The molecule has 18 atom stereocenters. The van der Waals surface area contributed by atoms with Crippen molar-refractivity contribution in [2.45, 2.75) is 264 Å². The van der Waals surface area contributed by atoms with Gasteiger partial charge in [0, 0.05) is 37.5 Å². The maximum Gasteiger partial charge on any atom is 0.303 e. The predicted octanol–water partition coefficient (Wildman–Crippen LogP) is 8.68. The molecule has 4 N–H and O–H groups in total. The zero-order chi connectivity index (χ0) is 74.0. The lowest BCUT2D eigenvalue weighted by molar-refractivity contribution is -0.358. The number of esters is 4. The van der Waals surface area contributed by atoms with Crippen molar-refractivity contribution in [3.8, 4) is 0 Å². The summed E-state index contributed by atoms with van der Waals surface area (Å²) in [5, 5.41) is 46.5. The molecule has 36 heteroatoms. The van der Waals surface area contributed by atoms with Gasteiger partial charge in [0.05, 0.1) is 49.5 Å². The molecule has 0 aromatic heterocycles. The summed E-state index contributed by atoms with van der Waals surface area (Å²) >= 11 is 25.6. The molecule has 98 heavy (non-hydrogen) atoms. The van der Waals surface area contributed by atoms with E-state index in [2.05, 4.69) is 20.1 Å². The summed E-state index contributed by atoms with van der Waals surface area (Å²) < 4.78 is 124. The van der Waals surface area contributed by atoms with Gasteiger partial charge in [-0.05, 0) is 80.0 Å². The highest BCUT2D eigenvalue weighted by Crippen LogP contribution is 2.45. The van der Waals surface area contributed by atoms with Crippen LogP contribution in [-0.4, -0.2) is 207 Å². The molecule has 0 radical (unpaired) electrons. The lowest BCUT2D eigenvalue weighted by Gasteiger charge is -2.45. The number of azide groups is 2. The van der Waals surface area contributed by atoms with E-state index in [-0.39, 0.29) is 51.8 Å². The fourth-order valence-corrected chi connectivity index (χ4v) is 15.8. The lowest BCUT2D eigenvalue weighted by Crippen LogP contribution is -2.63. The van der Waals surface area contributed by atoms with E-state index in [4.69, 9.17) is 113 Å². The van der Waals surface area contributed by atoms with Crippen molar-refractivity contribution in [3.63, 3.8) is 0 Å². The Labute approximate surface area is 590 Å². The fraction of sp³-hybridized carbons (Fsp3) is 0.742. The molecular formula is C62H90Cl4N6O24S2. The monoisotopic (exact) mass is 1510 g/mol. The highest BCUT2D eigenvalue weighted by atomic mass is 35.5. The van der Waals surface area contributed by atoms with E-state index < -0.39 is 184 Å². The minimum absolute atomic E-state index is 0.00166. The highest BCUT2D eigenvalue weighted by Gasteiger charge is 2.64. The molecule has 2 aromatic rings. The summed E-state index contributed by atoms with van der Waals surface area (Å²) in [4.78, 5) is 54.7. The number of hydrogen-bond donors (Lipinski definition) is 4. The largest absolute Gasteiger partial charge is 0.457 e. The number of alkyl halides is 4. The summed E-state index contributed by atoms with van der Waals surface area (Å²) in [5.74, 6) is -9.56. The molecule has 0 spiro atoms. The van der Waals surface area contributed by atoms with Crippen LogP contribution in [0.3, 0.4) is 0 Å². The van der Waals surface area contributed by atoms with Crippen LogP contribution in [0.4, 0.5) is 0 Å². The van der Waals surface area contributed by atoms with Gasteiger partial charge in [0.2, 0.25) is 17.9 Å². The van der Waals surface area contributed by atoms with Gasteiger partial charge in [-0.2, -0.15) is 16.8 Å². The number of aliphatic hydroxyl groups excluding tert-OH is 4. The molecule has 4 fully saturated rings. The summed E-state index contributed by atoms with van der Waals surface area (Å²) in [6.07, 6.45) is -22.0. The van der Waals surface area contributed by atoms with E-state index in [0.717, 1.165) is 38.8 Å². The summed E-state index contributed by atoms with van der Waals surface area (Å²) in [6.45, 7) is 25.1. The van der Waals surface area contributed by atoms with E-state index >= 15 is 0 Å². The second-order valence-electron chi connectivity index (χ2n) is 25.9. The van der Waals surface area contributed by atoms with E-state index in [1.165, 1.54) is 0 Å². The standard InChI is InChI=1S/C35H49Cl2N3O14S.C27H41Cl2N3O10S/c1-16(2)23-11-24(17(3)4)32(25(12-23)18(5)6)55(45,46)47-14-27-28(37)30(49-20(8)42)31(50-21(9)43)34(52-27)54-35(15-36)33(51-22(10)44)29(48-19(7)41)26(53-35)13-39-40-38;1-12(2)15-7-16(13(3)4)24(17(8-15)14(5)6)43(37,38)39-10-19-20(29)22(34)23(35)26(40-19)42-27(11-28)25(36)21(33)18(41-27)9-31-32-30/h11-12,16-18,26-31,33-34H,13-15H2,1-10H3;7-8,12-14,18-23,25-26,33-36H,9-11H2,1-6H3/t26-,27-,28+,29-,30+,31-,33+,34-,35+;18-,19-,20+,21-,22+,23-,25+,26-,27+/m11/s1. The number of hydrogen-bond acceptors (Lipinski definition) is 26. The fourth-order valence-electron chi connectivity index (χ4n) is 11.4. The van der Waals surface area contributed by atoms with Crippen LogP contribution in [0.5, 0.6) is 0 Å². The van der Waals surface area contributed by atoms with Crippen molar-refractivity contribution in [1.29, 1.82) is 0 Å². The molecule has 0 saturated carbocycles. The predicted molar refractivity (Wildman–Crippen MR) is 353 cm³/mol. The Balaban J connectivity index is 0.000000364. The third-order valence-electron chi connectivity index (χ3n) is 16.4. The van der Waals surface area contributed by atoms with Gasteiger partial charge in [0.25, 0.3) is 20.2 Å². The van der Waals surface area contributed by atoms with Gasteiger partial charge >= 0.3 is 23.9 Å². The highest BCUT2D eigenvalue weighted by molar-refractivity contribution is 7.87. The number of aliphatic hydroxyl groups is 4. The van der Waals surface area contributed by atoms with Gasteiger partial charge in [0.1, 0.15) is 57.9 Å². The van der Waals surface area contributed by atoms with E-state index in [1.807, 2.05) is 107 Å². The molecule has 30 nitrogen and oxygen atoms in total. The normalized spacial score (nSPS) is 30.4. The van der Waals surface area contributed by atoms with Gasteiger partial charge in [-0.15, -0.1) is 46.4 Å². The van der Waals surface area contributed by atoms with Crippen LogP contribution in [0.15, 0.2) is 44.3 Å². The van der Waals surface area contributed by atoms with Crippen LogP contribution in [0.1, 0.15) is 180 Å². The molecule has 0 amide bonds. The smallest absolute Gasteiger partial charge is 0.303 e. The molecule has 6 rings (SSSR count). The zero-order valence-corrected chi connectivity index (χ0v) is 61.9. The molecule has 2 aromatic carbocycles. The molecule has 0 aliphatic carbocycles. The summed E-state index contributed by atoms with van der Waals surface area (Å²) in [5.41, 5.74) is 21.8. The average Bonchev–Trinajstić information content (AvgIpc) is 1.45. The second-order valence-corrected chi connectivity index (χ2v) is 30.5. The zero-order valence-electron chi connectivity index (χ0n) is 57.2. The van der Waals surface area contributed by atoms with Crippen molar-refractivity contribution in [1.82, 2.24) is 0 Å². The molecule has 4 heterocycles. The first-order valence-corrected chi connectivity index (χ1v) is 36.3. The summed E-state index contributed by atoms with van der Waals surface area (Å²) in [7, 11) is -8.91. The van der Waals surface area contributed by atoms with Gasteiger partial charge in [-0.25, -0.2) is 0 Å². The van der Waals surface area contributed by atoms with E-state index in [9.17, 15) is 56.4 Å². The Bertz CT molecular complexity index is 3400. The third kappa shape index (κ3) is 20.0. The van der Waals surface area contributed by atoms with Crippen LogP contribution in [0.2, 0.25) is 0 Å². The minimum Gasteiger partial charge on any atom is -0.457 e. The average molecular weight is 1510 g/mol. The topological polar surface area (TPSA) is 426 Å². The molecule has 4 saturated heterocycles. The lowest BCUT2D eigenvalue weighted by atomic mass is 9.89. The van der Waals surface area contributed by atoms with Gasteiger partial charge in [-0.1, -0.05) is 118 Å². The Morgan fingerprint density at radius 1 is 0.510 bits per heavy atom. The maximum atomic E-state index is 14.2. The van der Waals surface area contributed by atoms with Crippen LogP contribution in [0, 0.1) is 0 Å². The van der Waals surface area contributed by atoms with Crippen LogP contribution >= 0.6 is 46.4 Å². The van der Waals surface area contributed by atoms with Gasteiger partial charge in [-0.3, -0.25) is 27.5 Å². The minimum atomic E-state index is -4.53. The summed E-state index contributed by atoms with van der Waals surface area (Å²) in [6, 6.07) is 7.42. The second kappa shape index (κ2) is 35.6. The first-order valence-electron chi connectivity index (χ1n) is 31.6. The Morgan fingerprint density at radius 2 is 0.878 bits per heavy atom. The molecule has 0 unspecified atom stereocenters. The Morgan fingerprint density at radius 3 is 1.27 bits per heavy atom. The van der Waals surface area contributed by atoms with Crippen molar-refractivity contribution >= 4 is 90.5 Å². The molecule has 0 bridgehead atoms. The number of nitrogens with zero attached hydrogens (tertiary/aromatic N) is 6. The number of halogens is 4. The van der Waals surface area contributed by atoms with Crippen LogP contribution in [0.25, 0.3) is 20.9 Å². The van der Waals surface area contributed by atoms with Crippen molar-refractivity contribution in [2.24, 2.45) is 10.2 Å². The van der Waals surface area contributed by atoms with Crippen molar-refractivity contribution in [3.05, 3.63) is 78.5 Å². The van der Waals surface area contributed by atoms with Crippen LogP contribution in [-0.2, 0) is 95.1 Å². The van der Waals surface area contributed by atoms with E-state index in [1.54, 1.807) is 0 Å². The first-order chi connectivity index (χ1) is 45.6. The molecule has 4 aliphatic rings. The number of rotatable bonds is 28. The van der Waals surface area contributed by atoms with Crippen molar-refractivity contribution in [2.75, 3.05) is 38.1 Å². The third-order valence-corrected chi connectivity index (χ3v) is 21.1. The number of ether oxygens (including phenoxy) is 10. The maximum absolute atomic E-state index is 14.2. The SMILES string of the molecule is CC(=O)O[C@@H]1[C@@H](CN=[N+]=[N-])O[C@@](CCl)(O[C@H]2O[C@H](COS(=O)(=O)c3c(C(C)C)cc(C(C)C)cc3C(C)C)[C@H](Cl)[C@H](OC(C)=O)[C@H]2OC(C)=O)[C@H]1OC(C)=O.CC(C)c1cc(C(C)C)c(S(=O)(=O)OC[C@H]2O[C@H](O[C@]3(CCl)O[C@H](CN=[N+]=[N-])[C@@H](O)[C@@H]3O)[C@H](O)[C@@H](O)[C@H]2Cl)c(C(C)C)c1. The van der Waals surface area contributed by atoms with Crippen molar-refractivity contribution < 1.29 is 112 Å². The number of benzene rings is 2. The molecular weight excluding hydrogens is 1420 g/mol. The van der Waals surface area contributed by atoms with Gasteiger partial charge < -0.3 is 67.8 Å². The first kappa shape index (κ1) is 84.2. The Kier molecular flexibility index (Phi) is 30.6. The van der Waals surface area contributed by atoms with E-state index in [0.29, 0.717) is 22.3 Å². The number of carbonyl (C=O) groups excluding carboxylic acids is 4. The number of carbonyl (C=O) groups is 4. The van der Waals surface area contributed by atoms with Gasteiger partial charge in [0.15, 0.2) is 30.7 Å². The Hall–Kier alpha value is -4.48.